The van der Waals surface area contributed by atoms with Crippen molar-refractivity contribution in [3.63, 3.8) is 0 Å². The van der Waals surface area contributed by atoms with Gasteiger partial charge >= 0.3 is 6.09 Å². The van der Waals surface area contributed by atoms with Crippen molar-refractivity contribution in [3.8, 4) is 0 Å². The van der Waals surface area contributed by atoms with Crippen molar-refractivity contribution >= 4 is 41.9 Å². The fourth-order valence-electron chi connectivity index (χ4n) is 3.05. The van der Waals surface area contributed by atoms with E-state index in [0.29, 0.717) is 25.4 Å². The molecule has 0 aliphatic carbocycles. The number of likely N-dealkylation sites (tertiary alicyclic amines) is 1. The van der Waals surface area contributed by atoms with Crippen LogP contribution in [0.5, 0.6) is 0 Å². The summed E-state index contributed by atoms with van der Waals surface area (Å²) in [6.07, 6.45) is 2.70. The van der Waals surface area contributed by atoms with Gasteiger partial charge in [-0.05, 0) is 46.6 Å². The lowest BCUT2D eigenvalue weighted by Gasteiger charge is -2.23. The number of aliphatic imine (C=N–C) groups is 1. The molecule has 9 nitrogen and oxygen atoms in total. The Morgan fingerprint density at radius 3 is 2.60 bits per heavy atom. The Kier molecular flexibility index (Phi) is 10.4. The molecule has 1 unspecified atom stereocenters. The summed E-state index contributed by atoms with van der Waals surface area (Å²) in [4.78, 5) is 30.3. The van der Waals surface area contributed by atoms with Crippen LogP contribution in [0, 0.1) is 6.92 Å². The Labute approximate surface area is 195 Å². The van der Waals surface area contributed by atoms with Gasteiger partial charge in [-0.3, -0.25) is 9.79 Å². The van der Waals surface area contributed by atoms with Gasteiger partial charge in [0.05, 0.1) is 12.3 Å². The first-order chi connectivity index (χ1) is 13.7. The lowest BCUT2D eigenvalue weighted by atomic mass is 10.2. The highest BCUT2D eigenvalue weighted by atomic mass is 127. The Bertz CT molecular complexity index is 729. The molecule has 1 aliphatic heterocycles. The van der Waals surface area contributed by atoms with Crippen molar-refractivity contribution < 1.29 is 18.7 Å². The Hall–Kier alpha value is -1.98. The van der Waals surface area contributed by atoms with Gasteiger partial charge in [0.2, 0.25) is 0 Å². The van der Waals surface area contributed by atoms with E-state index in [0.717, 1.165) is 30.9 Å². The number of carbonyl (C=O) groups excluding carboxylic acids is 2. The van der Waals surface area contributed by atoms with Crippen LogP contribution in [0.25, 0.3) is 0 Å². The van der Waals surface area contributed by atoms with Crippen LogP contribution >= 0.6 is 24.0 Å². The van der Waals surface area contributed by atoms with E-state index in [1.807, 2.05) is 27.7 Å². The summed E-state index contributed by atoms with van der Waals surface area (Å²) < 4.78 is 10.5. The molecule has 2 rings (SSSR count). The Balaban J connectivity index is 0.00000450. The maximum absolute atomic E-state index is 12.0. The number of furan rings is 1. The molecule has 3 N–H and O–H groups in total. The van der Waals surface area contributed by atoms with Gasteiger partial charge in [0, 0.05) is 38.8 Å². The maximum Gasteiger partial charge on any atom is 0.407 e. The second kappa shape index (κ2) is 12.0. The van der Waals surface area contributed by atoms with E-state index in [-0.39, 0.29) is 35.9 Å². The number of hydrogen-bond acceptors (Lipinski definition) is 5. The molecule has 0 spiro atoms. The molecule has 10 heteroatoms. The molecule has 2 amide bonds. The molecule has 1 fully saturated rings. The second-order valence-corrected chi connectivity index (χ2v) is 8.09. The molecule has 0 bridgehead atoms. The zero-order valence-corrected chi connectivity index (χ0v) is 20.7. The van der Waals surface area contributed by atoms with E-state index in [1.54, 1.807) is 13.1 Å². The summed E-state index contributed by atoms with van der Waals surface area (Å²) >= 11 is 0. The predicted molar refractivity (Wildman–Crippen MR) is 127 cm³/mol. The first-order valence-corrected chi connectivity index (χ1v) is 9.97. The number of hydrogen-bond donors (Lipinski definition) is 3. The number of alkyl carbamates (subject to hydrolysis) is 1. The van der Waals surface area contributed by atoms with Crippen LogP contribution in [-0.4, -0.2) is 67.7 Å². The molecule has 0 radical (unpaired) electrons. The molecule has 1 aromatic rings. The van der Waals surface area contributed by atoms with Gasteiger partial charge in [0.15, 0.2) is 11.7 Å². The van der Waals surface area contributed by atoms with E-state index >= 15 is 0 Å². The van der Waals surface area contributed by atoms with Gasteiger partial charge in [-0.1, -0.05) is 0 Å². The monoisotopic (exact) mass is 535 g/mol. The highest BCUT2D eigenvalue weighted by Crippen LogP contribution is 2.12. The third kappa shape index (κ3) is 8.41. The minimum atomic E-state index is -0.509. The number of guanidine groups is 1. The average Bonchev–Trinajstić information content (AvgIpc) is 3.25. The fraction of sp³-hybridized carbons (Fsp3) is 0.650. The summed E-state index contributed by atoms with van der Waals surface area (Å²) in [6, 6.07) is 1.79. The number of aryl methyl sites for hydroxylation is 1. The topological polar surface area (TPSA) is 108 Å². The van der Waals surface area contributed by atoms with Crippen LogP contribution in [0.4, 0.5) is 4.79 Å². The van der Waals surface area contributed by atoms with Gasteiger partial charge in [-0.2, -0.15) is 0 Å². The number of carbonyl (C=O) groups is 2. The van der Waals surface area contributed by atoms with Crippen LogP contribution < -0.4 is 16.0 Å². The molecule has 0 aromatic carbocycles. The van der Waals surface area contributed by atoms with E-state index in [2.05, 4.69) is 25.8 Å². The number of nitrogens with zero attached hydrogens (tertiary/aromatic N) is 2. The first-order valence-electron chi connectivity index (χ1n) is 9.97. The Morgan fingerprint density at radius 2 is 2.00 bits per heavy atom. The minimum absolute atomic E-state index is 0. The normalized spacial score (nSPS) is 16.6. The summed E-state index contributed by atoms with van der Waals surface area (Å²) in [5.74, 6) is 0.938. The van der Waals surface area contributed by atoms with Gasteiger partial charge < -0.3 is 30.0 Å². The molecular weight excluding hydrogens is 501 g/mol. The largest absolute Gasteiger partial charge is 0.459 e. The third-order valence-electron chi connectivity index (χ3n) is 4.41. The van der Waals surface area contributed by atoms with Crippen LogP contribution in [0.15, 0.2) is 21.7 Å². The summed E-state index contributed by atoms with van der Waals surface area (Å²) in [7, 11) is 1.73. The number of ether oxygens (including phenoxy) is 1. The molecule has 1 aliphatic rings. The third-order valence-corrected chi connectivity index (χ3v) is 4.41. The molecule has 1 aromatic heterocycles. The van der Waals surface area contributed by atoms with Gasteiger partial charge in [0.1, 0.15) is 5.60 Å². The lowest BCUT2D eigenvalue weighted by Crippen LogP contribution is -2.44. The molecule has 170 valence electrons. The standard InChI is InChI=1S/C20H33N5O4.HI/c1-14-8-12-28-16(14)17(26)22-9-6-10-23-18(21-5)25-11-7-15(13-25)24-19(27)29-20(2,3)4;/h8,12,15H,6-7,9-11,13H2,1-5H3,(H,21,23)(H,22,26)(H,24,27);1H. The smallest absolute Gasteiger partial charge is 0.407 e. The summed E-state index contributed by atoms with van der Waals surface area (Å²) in [5.41, 5.74) is 0.315. The average molecular weight is 535 g/mol. The van der Waals surface area contributed by atoms with Crippen LogP contribution in [-0.2, 0) is 4.74 Å². The minimum Gasteiger partial charge on any atom is -0.459 e. The van der Waals surface area contributed by atoms with Crippen molar-refractivity contribution in [2.75, 3.05) is 33.2 Å². The summed E-state index contributed by atoms with van der Waals surface area (Å²) in [5, 5.41) is 9.06. The summed E-state index contributed by atoms with van der Waals surface area (Å²) in [6.45, 7) is 10.1. The number of rotatable bonds is 6. The van der Waals surface area contributed by atoms with E-state index in [1.165, 1.54) is 6.26 Å². The first kappa shape index (κ1) is 26.1. The van der Waals surface area contributed by atoms with Crippen molar-refractivity contribution in [3.05, 3.63) is 23.7 Å². The van der Waals surface area contributed by atoms with E-state index < -0.39 is 11.7 Å². The molecule has 1 atom stereocenters. The number of nitrogens with one attached hydrogen (secondary N) is 3. The van der Waals surface area contributed by atoms with Crippen LogP contribution in [0.1, 0.15) is 49.7 Å². The maximum atomic E-state index is 12.0. The Morgan fingerprint density at radius 1 is 1.30 bits per heavy atom. The van der Waals surface area contributed by atoms with Crippen molar-refractivity contribution in [2.45, 2.75) is 52.2 Å². The molecule has 1 saturated heterocycles. The van der Waals surface area contributed by atoms with Gasteiger partial charge in [-0.15, -0.1) is 24.0 Å². The zero-order chi connectivity index (χ0) is 21.4. The fourth-order valence-corrected chi connectivity index (χ4v) is 3.05. The van der Waals surface area contributed by atoms with Gasteiger partial charge in [0.25, 0.3) is 5.91 Å². The number of amides is 2. The molecular formula is C20H34IN5O4. The van der Waals surface area contributed by atoms with Crippen molar-refractivity contribution in [1.82, 2.24) is 20.9 Å². The highest BCUT2D eigenvalue weighted by molar-refractivity contribution is 14.0. The van der Waals surface area contributed by atoms with Gasteiger partial charge in [-0.25, -0.2) is 4.79 Å². The second-order valence-electron chi connectivity index (χ2n) is 8.09. The zero-order valence-electron chi connectivity index (χ0n) is 18.4. The van der Waals surface area contributed by atoms with E-state index in [4.69, 9.17) is 9.15 Å². The van der Waals surface area contributed by atoms with E-state index in [9.17, 15) is 9.59 Å². The van der Waals surface area contributed by atoms with Crippen molar-refractivity contribution in [2.24, 2.45) is 4.99 Å². The molecule has 0 saturated carbocycles. The molecule has 2 heterocycles. The SMILES string of the molecule is CN=C(NCCCNC(=O)c1occc1C)N1CCC(NC(=O)OC(C)(C)C)C1.I. The van der Waals surface area contributed by atoms with Crippen molar-refractivity contribution in [1.29, 1.82) is 0 Å². The number of halogens is 1. The van der Waals surface area contributed by atoms with Crippen LogP contribution in [0.2, 0.25) is 0 Å². The lowest BCUT2D eigenvalue weighted by molar-refractivity contribution is 0.0507. The quantitative estimate of drug-likeness (QED) is 0.224. The molecule has 30 heavy (non-hydrogen) atoms. The highest BCUT2D eigenvalue weighted by Gasteiger charge is 2.27. The van der Waals surface area contributed by atoms with Crippen LogP contribution in [0.3, 0.4) is 0 Å². The predicted octanol–water partition coefficient (Wildman–Crippen LogP) is 2.50.